The highest BCUT2D eigenvalue weighted by atomic mass is 32.1. The van der Waals surface area contributed by atoms with E-state index in [4.69, 9.17) is 4.74 Å². The summed E-state index contributed by atoms with van der Waals surface area (Å²) in [6.45, 7) is 2.96. The van der Waals surface area contributed by atoms with Crippen molar-refractivity contribution in [3.63, 3.8) is 0 Å². The molecule has 1 aliphatic heterocycles. The second-order valence-electron chi connectivity index (χ2n) is 6.14. The zero-order valence-electron chi connectivity index (χ0n) is 14.2. The van der Waals surface area contributed by atoms with Crippen LogP contribution in [-0.2, 0) is 29.7 Å². The predicted molar refractivity (Wildman–Crippen MR) is 89.5 cm³/mol. The maximum absolute atomic E-state index is 11.7. The minimum atomic E-state index is -0.0335. The van der Waals surface area contributed by atoms with Gasteiger partial charge in [0.15, 0.2) is 0 Å². The Morgan fingerprint density at radius 1 is 1.50 bits per heavy atom. The first-order valence-corrected chi connectivity index (χ1v) is 8.69. The van der Waals surface area contributed by atoms with Gasteiger partial charge in [0.05, 0.1) is 18.8 Å². The van der Waals surface area contributed by atoms with E-state index in [1.165, 1.54) is 4.90 Å². The number of nitrogens with zero attached hydrogens (tertiary/aromatic N) is 6. The molecule has 8 nitrogen and oxygen atoms in total. The molecule has 0 unspecified atom stereocenters. The number of aryl methyl sites for hydroxylation is 1. The molecule has 0 N–H and O–H groups in total. The van der Waals surface area contributed by atoms with E-state index in [-0.39, 0.29) is 18.4 Å². The molecule has 3 rings (SSSR count). The van der Waals surface area contributed by atoms with E-state index in [2.05, 4.69) is 20.2 Å². The van der Waals surface area contributed by atoms with Crippen molar-refractivity contribution in [2.45, 2.75) is 19.0 Å². The lowest BCUT2D eigenvalue weighted by Gasteiger charge is -2.31. The Morgan fingerprint density at radius 3 is 3.04 bits per heavy atom. The summed E-state index contributed by atoms with van der Waals surface area (Å²) in [4.78, 5) is 19.9. The molecule has 0 bridgehead atoms. The van der Waals surface area contributed by atoms with Gasteiger partial charge in [0.1, 0.15) is 17.3 Å². The second-order valence-corrected chi connectivity index (χ2v) is 7.12. The Morgan fingerprint density at radius 2 is 2.33 bits per heavy atom. The number of rotatable bonds is 6. The van der Waals surface area contributed by atoms with Gasteiger partial charge in [0.2, 0.25) is 5.91 Å². The second kappa shape index (κ2) is 7.37. The molecule has 0 aromatic carbocycles. The lowest BCUT2D eigenvalue weighted by molar-refractivity contribution is -0.133. The summed E-state index contributed by atoms with van der Waals surface area (Å²) in [5.41, 5.74) is 2.08. The summed E-state index contributed by atoms with van der Waals surface area (Å²) in [6, 6.07) is 0. The van der Waals surface area contributed by atoms with Gasteiger partial charge in [-0.1, -0.05) is 5.21 Å². The molecule has 2 aromatic rings. The van der Waals surface area contributed by atoms with Crippen molar-refractivity contribution in [2.24, 2.45) is 7.05 Å². The fourth-order valence-corrected chi connectivity index (χ4v) is 3.54. The number of thiazole rings is 1. The van der Waals surface area contributed by atoms with Crippen molar-refractivity contribution >= 4 is 17.2 Å². The van der Waals surface area contributed by atoms with Crippen LogP contribution >= 0.6 is 11.3 Å². The van der Waals surface area contributed by atoms with Crippen LogP contribution in [0.25, 0.3) is 0 Å². The maximum Gasteiger partial charge on any atom is 0.248 e. The molecule has 0 radical (unpaired) electrons. The summed E-state index contributed by atoms with van der Waals surface area (Å²) in [5.74, 6) is 0.109. The molecular weight excluding hydrogens is 328 g/mol. The number of hydrogen-bond acceptors (Lipinski definition) is 7. The molecule has 2 aromatic heterocycles. The SMILES string of the molecule is CN(C)C(=O)COC[C@H]1CN(Cc2nccs2)Cc2nnn(C)c21. The fraction of sp³-hybridized carbons (Fsp3) is 0.600. The number of carbonyl (C=O) groups is 1. The number of ether oxygens (including phenoxy) is 1. The van der Waals surface area contributed by atoms with Gasteiger partial charge >= 0.3 is 0 Å². The Bertz CT molecular complexity index is 684. The van der Waals surface area contributed by atoms with Gasteiger partial charge in [-0.3, -0.25) is 14.4 Å². The van der Waals surface area contributed by atoms with Crippen molar-refractivity contribution < 1.29 is 9.53 Å². The molecule has 130 valence electrons. The monoisotopic (exact) mass is 350 g/mol. The van der Waals surface area contributed by atoms with Crippen LogP contribution in [-0.4, -0.2) is 69.5 Å². The van der Waals surface area contributed by atoms with Crippen LogP contribution in [0.3, 0.4) is 0 Å². The van der Waals surface area contributed by atoms with Crippen molar-refractivity contribution in [3.05, 3.63) is 28.0 Å². The van der Waals surface area contributed by atoms with Gasteiger partial charge in [-0.15, -0.1) is 16.4 Å². The molecule has 0 aliphatic carbocycles. The van der Waals surface area contributed by atoms with E-state index >= 15 is 0 Å². The average Bonchev–Trinajstić information content (AvgIpc) is 3.17. The molecule has 0 saturated carbocycles. The minimum Gasteiger partial charge on any atom is -0.371 e. The summed E-state index contributed by atoms with van der Waals surface area (Å²) in [6.07, 6.45) is 1.82. The summed E-state index contributed by atoms with van der Waals surface area (Å²) in [5, 5.41) is 11.5. The molecule has 1 amide bonds. The Balaban J connectivity index is 1.66. The van der Waals surface area contributed by atoms with E-state index in [1.54, 1.807) is 25.4 Å². The van der Waals surface area contributed by atoms with Crippen LogP contribution in [0, 0.1) is 0 Å². The van der Waals surface area contributed by atoms with Gasteiger partial charge < -0.3 is 9.64 Å². The third kappa shape index (κ3) is 3.80. The topological polar surface area (TPSA) is 76.4 Å². The molecule has 1 atom stereocenters. The average molecular weight is 350 g/mol. The van der Waals surface area contributed by atoms with Crippen LogP contribution in [0.15, 0.2) is 11.6 Å². The van der Waals surface area contributed by atoms with E-state index < -0.39 is 0 Å². The number of hydrogen-bond donors (Lipinski definition) is 0. The van der Waals surface area contributed by atoms with Crippen LogP contribution in [0.4, 0.5) is 0 Å². The smallest absolute Gasteiger partial charge is 0.248 e. The maximum atomic E-state index is 11.7. The number of carbonyl (C=O) groups excluding carboxylic acids is 1. The first kappa shape index (κ1) is 17.0. The Kier molecular flexibility index (Phi) is 5.22. The minimum absolute atomic E-state index is 0.0335. The number of aromatic nitrogens is 4. The third-order valence-corrected chi connectivity index (χ3v) is 4.83. The van der Waals surface area contributed by atoms with Gasteiger partial charge in [-0.2, -0.15) is 0 Å². The van der Waals surface area contributed by atoms with Crippen molar-refractivity contribution in [3.8, 4) is 0 Å². The van der Waals surface area contributed by atoms with Gasteiger partial charge in [-0.25, -0.2) is 4.98 Å². The molecule has 24 heavy (non-hydrogen) atoms. The van der Waals surface area contributed by atoms with Crippen molar-refractivity contribution in [2.75, 3.05) is 33.9 Å². The molecule has 0 spiro atoms. The summed E-state index contributed by atoms with van der Waals surface area (Å²) >= 11 is 1.65. The van der Waals surface area contributed by atoms with Gasteiger partial charge in [-0.05, 0) is 0 Å². The molecule has 0 fully saturated rings. The number of amides is 1. The number of fused-ring (bicyclic) bond motifs is 1. The van der Waals surface area contributed by atoms with Crippen LogP contribution in [0.5, 0.6) is 0 Å². The van der Waals surface area contributed by atoms with Crippen LogP contribution in [0.1, 0.15) is 22.3 Å². The first-order chi connectivity index (χ1) is 11.5. The van der Waals surface area contributed by atoms with Gasteiger partial charge in [0.25, 0.3) is 0 Å². The predicted octanol–water partition coefficient (Wildman–Crippen LogP) is 0.476. The molecule has 1 aliphatic rings. The largest absolute Gasteiger partial charge is 0.371 e. The quantitative estimate of drug-likeness (QED) is 0.754. The van der Waals surface area contributed by atoms with Crippen LogP contribution < -0.4 is 0 Å². The molecule has 9 heteroatoms. The highest BCUT2D eigenvalue weighted by Crippen LogP contribution is 2.28. The van der Waals surface area contributed by atoms with E-state index in [0.717, 1.165) is 36.0 Å². The number of likely N-dealkylation sites (N-methyl/N-ethyl adjacent to an activating group) is 1. The normalized spacial score (nSPS) is 17.7. The molecular formula is C15H22N6O2S. The zero-order chi connectivity index (χ0) is 17.1. The molecule has 0 saturated heterocycles. The lowest BCUT2D eigenvalue weighted by Crippen LogP contribution is -2.36. The van der Waals surface area contributed by atoms with Gasteiger partial charge in [0, 0.05) is 51.7 Å². The zero-order valence-corrected chi connectivity index (χ0v) is 15.0. The lowest BCUT2D eigenvalue weighted by atomic mass is 9.99. The van der Waals surface area contributed by atoms with Crippen LogP contribution in [0.2, 0.25) is 0 Å². The summed E-state index contributed by atoms with van der Waals surface area (Å²) < 4.78 is 7.48. The fourth-order valence-electron chi connectivity index (χ4n) is 2.89. The van der Waals surface area contributed by atoms with E-state index in [0.29, 0.717) is 6.61 Å². The summed E-state index contributed by atoms with van der Waals surface area (Å²) in [7, 11) is 5.36. The third-order valence-electron chi connectivity index (χ3n) is 4.07. The van der Waals surface area contributed by atoms with Crippen molar-refractivity contribution in [1.29, 1.82) is 0 Å². The Hall–Kier alpha value is -1.84. The highest BCUT2D eigenvalue weighted by Gasteiger charge is 2.30. The van der Waals surface area contributed by atoms with Crippen molar-refractivity contribution in [1.82, 2.24) is 29.8 Å². The highest BCUT2D eigenvalue weighted by molar-refractivity contribution is 7.09. The first-order valence-electron chi connectivity index (χ1n) is 7.81. The molecule has 3 heterocycles. The Labute approximate surface area is 145 Å². The standard InChI is InChI=1S/C15H22N6O2S/c1-19(2)14(22)10-23-9-11-6-21(8-13-16-4-5-24-13)7-12-15(11)20(3)18-17-12/h4-5,11H,6-10H2,1-3H3/t11-/m1/s1. The van der Waals surface area contributed by atoms with E-state index in [9.17, 15) is 4.79 Å². The van der Waals surface area contributed by atoms with E-state index in [1.807, 2.05) is 23.3 Å².